The molecule has 1 aromatic heterocycles. The first-order valence-electron chi connectivity index (χ1n) is 7.34. The number of aromatic nitrogens is 2. The van der Waals surface area contributed by atoms with Gasteiger partial charge in [-0.2, -0.15) is 4.98 Å². The predicted molar refractivity (Wildman–Crippen MR) is 83.9 cm³/mol. The van der Waals surface area contributed by atoms with Crippen molar-refractivity contribution in [2.45, 2.75) is 45.3 Å². The molecule has 22 heavy (non-hydrogen) atoms. The van der Waals surface area contributed by atoms with Crippen LogP contribution < -0.4 is 21.5 Å². The monoisotopic (exact) mass is 309 g/mol. The van der Waals surface area contributed by atoms with E-state index in [1.807, 2.05) is 25.7 Å². The highest BCUT2D eigenvalue weighted by Crippen LogP contribution is 2.17. The standard InChI is InChI=1S/C14H23N5O3/c1-14(2,3)22-13(21)16-9-5-4-6-19(8-9)10-7-11(20)18-12(15)17-10/h7,9H,4-6,8H2,1-3H3,(H,16,21)(H3,15,17,18,20). The quantitative estimate of drug-likeness (QED) is 0.746. The summed E-state index contributed by atoms with van der Waals surface area (Å²) in [4.78, 5) is 31.8. The van der Waals surface area contributed by atoms with Gasteiger partial charge in [-0.25, -0.2) is 4.79 Å². The van der Waals surface area contributed by atoms with Crippen molar-refractivity contribution in [2.24, 2.45) is 0 Å². The number of nitrogen functional groups attached to an aromatic ring is 1. The van der Waals surface area contributed by atoms with Gasteiger partial charge in [0.05, 0.1) is 0 Å². The summed E-state index contributed by atoms with van der Waals surface area (Å²) in [5.74, 6) is 0.613. The lowest BCUT2D eigenvalue weighted by atomic mass is 10.1. The van der Waals surface area contributed by atoms with Crippen LogP contribution in [0.2, 0.25) is 0 Å². The summed E-state index contributed by atoms with van der Waals surface area (Å²) in [6.07, 6.45) is 1.31. The Morgan fingerprint density at radius 2 is 2.27 bits per heavy atom. The lowest BCUT2D eigenvalue weighted by Gasteiger charge is -2.34. The lowest BCUT2D eigenvalue weighted by molar-refractivity contribution is 0.0500. The maximum Gasteiger partial charge on any atom is 0.407 e. The number of hydrogen-bond acceptors (Lipinski definition) is 6. The summed E-state index contributed by atoms with van der Waals surface area (Å²) in [5, 5.41) is 2.86. The Hall–Kier alpha value is -2.25. The van der Waals surface area contributed by atoms with E-state index in [1.165, 1.54) is 6.07 Å². The Morgan fingerprint density at radius 1 is 1.55 bits per heavy atom. The number of carbonyl (C=O) groups excluding carboxylic acids is 1. The van der Waals surface area contributed by atoms with Crippen LogP contribution in [0.1, 0.15) is 33.6 Å². The molecule has 4 N–H and O–H groups in total. The largest absolute Gasteiger partial charge is 0.444 e. The van der Waals surface area contributed by atoms with E-state index in [4.69, 9.17) is 10.5 Å². The van der Waals surface area contributed by atoms with E-state index in [0.717, 1.165) is 19.4 Å². The average molecular weight is 309 g/mol. The van der Waals surface area contributed by atoms with Crippen LogP contribution in [-0.2, 0) is 4.74 Å². The van der Waals surface area contributed by atoms with Crippen LogP contribution in [0.5, 0.6) is 0 Å². The highest BCUT2D eigenvalue weighted by molar-refractivity contribution is 5.68. The van der Waals surface area contributed by atoms with Crippen molar-refractivity contribution in [2.75, 3.05) is 23.7 Å². The van der Waals surface area contributed by atoms with Gasteiger partial charge in [0.25, 0.3) is 5.56 Å². The highest BCUT2D eigenvalue weighted by Gasteiger charge is 2.25. The molecule has 0 bridgehead atoms. The number of hydrogen-bond donors (Lipinski definition) is 3. The molecule has 0 radical (unpaired) electrons. The number of ether oxygens (including phenoxy) is 1. The van der Waals surface area contributed by atoms with E-state index in [9.17, 15) is 9.59 Å². The fraction of sp³-hybridized carbons (Fsp3) is 0.643. The second-order valence-corrected chi connectivity index (χ2v) is 6.42. The summed E-state index contributed by atoms with van der Waals surface area (Å²) < 4.78 is 5.26. The number of H-pyrrole nitrogens is 1. The van der Waals surface area contributed by atoms with Crippen LogP contribution in [0, 0.1) is 0 Å². The van der Waals surface area contributed by atoms with Crippen LogP contribution in [0.25, 0.3) is 0 Å². The zero-order chi connectivity index (χ0) is 16.3. The second-order valence-electron chi connectivity index (χ2n) is 6.42. The van der Waals surface area contributed by atoms with Crippen molar-refractivity contribution < 1.29 is 9.53 Å². The summed E-state index contributed by atoms with van der Waals surface area (Å²) in [6.45, 7) is 6.80. The zero-order valence-corrected chi connectivity index (χ0v) is 13.2. The second kappa shape index (κ2) is 6.25. The Balaban J connectivity index is 2.00. The molecule has 1 fully saturated rings. The first-order chi connectivity index (χ1) is 10.2. The van der Waals surface area contributed by atoms with Crippen molar-refractivity contribution in [1.29, 1.82) is 0 Å². The van der Waals surface area contributed by atoms with Crippen molar-refractivity contribution in [3.63, 3.8) is 0 Å². The van der Waals surface area contributed by atoms with E-state index in [0.29, 0.717) is 12.4 Å². The molecule has 8 nitrogen and oxygen atoms in total. The molecule has 1 saturated heterocycles. The van der Waals surface area contributed by atoms with E-state index in [2.05, 4.69) is 15.3 Å². The van der Waals surface area contributed by atoms with E-state index in [-0.39, 0.29) is 17.5 Å². The van der Waals surface area contributed by atoms with E-state index >= 15 is 0 Å². The minimum atomic E-state index is -0.527. The van der Waals surface area contributed by atoms with Gasteiger partial charge in [-0.15, -0.1) is 0 Å². The third-order valence-electron chi connectivity index (χ3n) is 3.21. The first-order valence-corrected chi connectivity index (χ1v) is 7.34. The van der Waals surface area contributed by atoms with Gasteiger partial charge in [0.2, 0.25) is 5.95 Å². The molecule has 2 heterocycles. The zero-order valence-electron chi connectivity index (χ0n) is 13.2. The number of rotatable bonds is 2. The van der Waals surface area contributed by atoms with E-state index in [1.54, 1.807) is 0 Å². The van der Waals surface area contributed by atoms with Gasteiger partial charge in [-0.3, -0.25) is 9.78 Å². The van der Waals surface area contributed by atoms with Gasteiger partial charge in [0.15, 0.2) is 0 Å². The highest BCUT2D eigenvalue weighted by atomic mass is 16.6. The topological polar surface area (TPSA) is 113 Å². The van der Waals surface area contributed by atoms with Gasteiger partial charge < -0.3 is 20.7 Å². The summed E-state index contributed by atoms with van der Waals surface area (Å²) in [5.41, 5.74) is 4.75. The van der Waals surface area contributed by atoms with Gasteiger partial charge >= 0.3 is 6.09 Å². The number of nitrogens with zero attached hydrogens (tertiary/aromatic N) is 2. The Labute approximate surface area is 129 Å². The summed E-state index contributed by atoms with van der Waals surface area (Å²) in [6, 6.07) is 1.36. The number of piperidine rings is 1. The Kier molecular flexibility index (Phi) is 4.58. The first kappa shape index (κ1) is 16.1. The number of alkyl carbamates (subject to hydrolysis) is 1. The van der Waals surface area contributed by atoms with Gasteiger partial charge in [0.1, 0.15) is 11.4 Å². The van der Waals surface area contributed by atoms with Crippen molar-refractivity contribution in [3.05, 3.63) is 16.4 Å². The molecule has 122 valence electrons. The van der Waals surface area contributed by atoms with Crippen LogP contribution in [0.4, 0.5) is 16.6 Å². The molecule has 0 aliphatic carbocycles. The molecule has 8 heteroatoms. The third-order valence-corrected chi connectivity index (χ3v) is 3.21. The Morgan fingerprint density at radius 3 is 2.91 bits per heavy atom. The number of aromatic amines is 1. The molecule has 0 saturated carbocycles. The molecule has 0 aromatic carbocycles. The van der Waals surface area contributed by atoms with Crippen molar-refractivity contribution in [1.82, 2.24) is 15.3 Å². The maximum absolute atomic E-state index is 11.8. The fourth-order valence-corrected chi connectivity index (χ4v) is 2.40. The minimum absolute atomic E-state index is 0.0501. The molecule has 1 aliphatic rings. The summed E-state index contributed by atoms with van der Waals surface area (Å²) in [7, 11) is 0. The number of nitrogens with one attached hydrogen (secondary N) is 2. The molecular formula is C14H23N5O3. The third kappa shape index (κ3) is 4.64. The van der Waals surface area contributed by atoms with Gasteiger partial charge in [0, 0.05) is 25.2 Å². The molecule has 1 atom stereocenters. The number of anilines is 2. The molecule has 1 unspecified atom stereocenters. The maximum atomic E-state index is 11.8. The van der Waals surface area contributed by atoms with Crippen molar-refractivity contribution >= 4 is 17.9 Å². The molecule has 1 aromatic rings. The van der Waals surface area contributed by atoms with Gasteiger partial charge in [-0.1, -0.05) is 0 Å². The Bertz CT molecular complexity index is 593. The molecule has 0 spiro atoms. The number of amides is 1. The number of carbonyl (C=O) groups is 1. The SMILES string of the molecule is CC(C)(C)OC(=O)NC1CCCN(c2cc(=O)[nH]c(N)n2)C1. The molecular weight excluding hydrogens is 286 g/mol. The average Bonchev–Trinajstić information content (AvgIpc) is 2.35. The molecule has 2 rings (SSSR count). The fourth-order valence-electron chi connectivity index (χ4n) is 2.40. The van der Waals surface area contributed by atoms with Crippen molar-refractivity contribution in [3.8, 4) is 0 Å². The van der Waals surface area contributed by atoms with Crippen LogP contribution in [0.15, 0.2) is 10.9 Å². The molecule has 1 aliphatic heterocycles. The number of nitrogens with two attached hydrogens (primary N) is 1. The van der Waals surface area contributed by atoms with Crippen LogP contribution >= 0.6 is 0 Å². The minimum Gasteiger partial charge on any atom is -0.444 e. The van der Waals surface area contributed by atoms with Gasteiger partial charge in [-0.05, 0) is 33.6 Å². The predicted octanol–water partition coefficient (Wildman–Crippen LogP) is 0.846. The molecule has 1 amide bonds. The van der Waals surface area contributed by atoms with E-state index < -0.39 is 11.7 Å². The van der Waals surface area contributed by atoms with Crippen LogP contribution in [-0.4, -0.2) is 40.8 Å². The smallest absolute Gasteiger partial charge is 0.407 e. The lowest BCUT2D eigenvalue weighted by Crippen LogP contribution is -2.49. The summed E-state index contributed by atoms with van der Waals surface area (Å²) >= 11 is 0. The normalized spacial score (nSPS) is 18.9. The van der Waals surface area contributed by atoms with Crippen LogP contribution in [0.3, 0.4) is 0 Å².